The normalized spacial score (nSPS) is 12.7. The quantitative estimate of drug-likeness (QED) is 0.356. The Morgan fingerprint density at radius 2 is 1.29 bits per heavy atom. The van der Waals surface area contributed by atoms with Crippen LogP contribution in [0.25, 0.3) is 0 Å². The lowest BCUT2D eigenvalue weighted by atomic mass is 10.0. The molecule has 0 radical (unpaired) electrons. The van der Waals surface area contributed by atoms with Crippen molar-refractivity contribution in [2.45, 2.75) is 96.4 Å². The number of nitrogens with one attached hydrogen (secondary N) is 1. The van der Waals surface area contributed by atoms with Gasteiger partial charge in [-0.05, 0) is 6.42 Å². The van der Waals surface area contributed by atoms with Gasteiger partial charge >= 0.3 is 0 Å². The molecule has 0 bridgehead atoms. The van der Waals surface area contributed by atoms with E-state index in [4.69, 9.17) is 10.8 Å². The summed E-state index contributed by atoms with van der Waals surface area (Å²) >= 11 is 0. The highest BCUT2D eigenvalue weighted by Crippen LogP contribution is 2.12. The van der Waals surface area contributed by atoms with Crippen molar-refractivity contribution in [1.82, 2.24) is 5.32 Å². The predicted molar refractivity (Wildman–Crippen MR) is 93.6 cm³/mol. The monoisotopic (exact) mass is 300 g/mol. The smallest absolute Gasteiger partial charge is 0.0555 e. The van der Waals surface area contributed by atoms with Gasteiger partial charge in [-0.25, -0.2) is 0 Å². The topological polar surface area (TPSA) is 58.3 Å². The van der Waals surface area contributed by atoms with Gasteiger partial charge in [0.15, 0.2) is 0 Å². The van der Waals surface area contributed by atoms with Crippen LogP contribution in [0.15, 0.2) is 0 Å². The predicted octanol–water partition coefficient (Wildman–Crippen LogP) is 3.99. The summed E-state index contributed by atoms with van der Waals surface area (Å²) in [6, 6.07) is 0.250. The molecule has 0 saturated heterocycles. The van der Waals surface area contributed by atoms with Crippen LogP contribution in [0.1, 0.15) is 90.4 Å². The van der Waals surface area contributed by atoms with E-state index in [-0.39, 0.29) is 12.6 Å². The molecule has 0 aromatic carbocycles. The summed E-state index contributed by atoms with van der Waals surface area (Å²) < 4.78 is 0. The van der Waals surface area contributed by atoms with E-state index >= 15 is 0 Å². The third-order valence-electron chi connectivity index (χ3n) is 4.12. The molecule has 0 saturated carbocycles. The van der Waals surface area contributed by atoms with Crippen molar-refractivity contribution in [3.63, 3.8) is 0 Å². The number of aliphatic hydroxyl groups excluding tert-OH is 1. The molecular formula is C18H40N2O. The van der Waals surface area contributed by atoms with E-state index in [1.54, 1.807) is 0 Å². The number of aliphatic hydroxyl groups is 1. The van der Waals surface area contributed by atoms with Crippen molar-refractivity contribution < 1.29 is 5.11 Å². The van der Waals surface area contributed by atoms with Crippen LogP contribution in [-0.4, -0.2) is 30.8 Å². The lowest BCUT2D eigenvalue weighted by molar-refractivity contribution is 0.290. The van der Waals surface area contributed by atoms with E-state index in [9.17, 15) is 0 Å². The first-order chi connectivity index (χ1) is 10.3. The van der Waals surface area contributed by atoms with Crippen LogP contribution in [-0.2, 0) is 0 Å². The minimum absolute atomic E-state index is 0.200. The van der Waals surface area contributed by atoms with Gasteiger partial charge in [0.05, 0.1) is 6.61 Å². The van der Waals surface area contributed by atoms with E-state index in [0.717, 1.165) is 13.0 Å². The lowest BCUT2D eigenvalue weighted by Crippen LogP contribution is -2.35. The molecule has 128 valence electrons. The SMILES string of the molecule is CCCCCCCCCCCCCCC(N)CNCCO. The van der Waals surface area contributed by atoms with Gasteiger partial charge < -0.3 is 16.2 Å². The van der Waals surface area contributed by atoms with E-state index in [1.807, 2.05) is 0 Å². The van der Waals surface area contributed by atoms with Crippen LogP contribution in [0.3, 0.4) is 0 Å². The molecule has 0 aromatic rings. The van der Waals surface area contributed by atoms with Gasteiger partial charge in [0, 0.05) is 19.1 Å². The van der Waals surface area contributed by atoms with Gasteiger partial charge in [0.2, 0.25) is 0 Å². The Labute approximate surface area is 133 Å². The van der Waals surface area contributed by atoms with Gasteiger partial charge in [0.1, 0.15) is 0 Å². The van der Waals surface area contributed by atoms with Crippen LogP contribution >= 0.6 is 0 Å². The van der Waals surface area contributed by atoms with Crippen LogP contribution < -0.4 is 11.1 Å². The molecule has 21 heavy (non-hydrogen) atoms. The third kappa shape index (κ3) is 17.8. The fraction of sp³-hybridized carbons (Fsp3) is 1.00. The standard InChI is InChI=1S/C18H40N2O/c1-2-3-4-5-6-7-8-9-10-11-12-13-14-18(19)17-20-15-16-21/h18,20-21H,2-17,19H2,1H3. The first kappa shape index (κ1) is 20.9. The van der Waals surface area contributed by atoms with Gasteiger partial charge in [-0.15, -0.1) is 0 Å². The van der Waals surface area contributed by atoms with Gasteiger partial charge in [-0.1, -0.05) is 84.0 Å². The van der Waals surface area contributed by atoms with Crippen molar-refractivity contribution in [3.05, 3.63) is 0 Å². The molecule has 0 aromatic heterocycles. The third-order valence-corrected chi connectivity index (χ3v) is 4.12. The molecule has 3 heteroatoms. The fourth-order valence-electron chi connectivity index (χ4n) is 2.72. The van der Waals surface area contributed by atoms with Gasteiger partial charge in [-0.3, -0.25) is 0 Å². The van der Waals surface area contributed by atoms with Gasteiger partial charge in [-0.2, -0.15) is 0 Å². The Hall–Kier alpha value is -0.120. The zero-order valence-corrected chi connectivity index (χ0v) is 14.4. The van der Waals surface area contributed by atoms with Crippen LogP contribution in [0.2, 0.25) is 0 Å². The molecule has 0 heterocycles. The molecule has 0 aliphatic carbocycles. The highest BCUT2D eigenvalue weighted by molar-refractivity contribution is 4.64. The average molecular weight is 301 g/mol. The molecule has 0 amide bonds. The number of unbranched alkanes of at least 4 members (excludes halogenated alkanes) is 11. The number of hydrogen-bond donors (Lipinski definition) is 3. The summed E-state index contributed by atoms with van der Waals surface area (Å²) in [5.74, 6) is 0. The molecule has 1 atom stereocenters. The van der Waals surface area contributed by atoms with Crippen molar-refractivity contribution in [3.8, 4) is 0 Å². The second-order valence-corrected chi connectivity index (χ2v) is 6.37. The minimum Gasteiger partial charge on any atom is -0.395 e. The molecule has 0 rings (SSSR count). The maximum absolute atomic E-state index is 8.66. The van der Waals surface area contributed by atoms with E-state index in [1.165, 1.54) is 77.0 Å². The molecular weight excluding hydrogens is 260 g/mol. The highest BCUT2D eigenvalue weighted by atomic mass is 16.3. The fourth-order valence-corrected chi connectivity index (χ4v) is 2.72. The zero-order valence-electron chi connectivity index (χ0n) is 14.4. The highest BCUT2D eigenvalue weighted by Gasteiger charge is 2.01. The first-order valence-corrected chi connectivity index (χ1v) is 9.38. The average Bonchev–Trinajstić information content (AvgIpc) is 2.48. The first-order valence-electron chi connectivity index (χ1n) is 9.38. The van der Waals surface area contributed by atoms with E-state index in [2.05, 4.69) is 12.2 Å². The Morgan fingerprint density at radius 1 is 0.810 bits per heavy atom. The molecule has 4 N–H and O–H groups in total. The van der Waals surface area contributed by atoms with E-state index < -0.39 is 0 Å². The number of nitrogens with two attached hydrogens (primary N) is 1. The summed E-state index contributed by atoms with van der Waals surface area (Å²) in [4.78, 5) is 0. The molecule has 0 fully saturated rings. The van der Waals surface area contributed by atoms with Crippen molar-refractivity contribution >= 4 is 0 Å². The molecule has 0 aliphatic heterocycles. The Kier molecular flexibility index (Phi) is 17.8. The summed E-state index contributed by atoms with van der Waals surface area (Å²) in [5, 5.41) is 11.8. The second kappa shape index (κ2) is 17.9. The van der Waals surface area contributed by atoms with Crippen LogP contribution in [0.5, 0.6) is 0 Å². The van der Waals surface area contributed by atoms with Crippen LogP contribution in [0.4, 0.5) is 0 Å². The van der Waals surface area contributed by atoms with Crippen molar-refractivity contribution in [2.24, 2.45) is 5.73 Å². The second-order valence-electron chi connectivity index (χ2n) is 6.37. The number of rotatable bonds is 17. The summed E-state index contributed by atoms with van der Waals surface area (Å²) in [5.41, 5.74) is 6.00. The molecule has 3 nitrogen and oxygen atoms in total. The molecule has 0 aliphatic rings. The van der Waals surface area contributed by atoms with Gasteiger partial charge in [0.25, 0.3) is 0 Å². The minimum atomic E-state index is 0.200. The van der Waals surface area contributed by atoms with Crippen LogP contribution in [0, 0.1) is 0 Å². The largest absolute Gasteiger partial charge is 0.395 e. The van der Waals surface area contributed by atoms with Crippen molar-refractivity contribution in [2.75, 3.05) is 19.7 Å². The summed E-state index contributed by atoms with van der Waals surface area (Å²) in [7, 11) is 0. The Morgan fingerprint density at radius 3 is 1.76 bits per heavy atom. The van der Waals surface area contributed by atoms with Crippen molar-refractivity contribution in [1.29, 1.82) is 0 Å². The van der Waals surface area contributed by atoms with E-state index in [0.29, 0.717) is 6.54 Å². The zero-order chi connectivity index (χ0) is 15.6. The Balaban J connectivity index is 3.05. The summed E-state index contributed by atoms with van der Waals surface area (Å²) in [6.07, 6.45) is 17.8. The number of hydrogen-bond acceptors (Lipinski definition) is 3. The molecule has 1 unspecified atom stereocenters. The summed E-state index contributed by atoms with van der Waals surface area (Å²) in [6.45, 7) is 3.97. The molecule has 0 spiro atoms. The maximum atomic E-state index is 8.66. The Bertz CT molecular complexity index is 188. The lowest BCUT2D eigenvalue weighted by Gasteiger charge is -2.11. The maximum Gasteiger partial charge on any atom is 0.0555 e.